The summed E-state index contributed by atoms with van der Waals surface area (Å²) in [7, 11) is -4.91. The smallest absolute Gasteiger partial charge is 0.180 e. The molecule has 0 aromatic heterocycles. The van der Waals surface area contributed by atoms with Gasteiger partial charge in [-0.3, -0.25) is 0 Å². The van der Waals surface area contributed by atoms with Crippen LogP contribution in [0.4, 0.5) is 7.77 Å². The Morgan fingerprint density at radius 3 is 2.18 bits per heavy atom. The van der Waals surface area contributed by atoms with Gasteiger partial charge in [-0.1, -0.05) is 50.3 Å². The zero-order valence-corrected chi connectivity index (χ0v) is 11.0. The molecule has 0 bridgehead atoms. The van der Waals surface area contributed by atoms with Crippen LogP contribution in [-0.4, -0.2) is 10.8 Å². The summed E-state index contributed by atoms with van der Waals surface area (Å²) in [5.74, 6) is 0. The third-order valence-corrected chi connectivity index (χ3v) is 2.35. The monoisotopic (exact) mass is 301 g/mol. The first-order valence-corrected chi connectivity index (χ1v) is 6.18. The van der Waals surface area contributed by atoms with Crippen LogP contribution in [0, 0.1) is 0 Å². The minimum absolute atomic E-state index is 0. The average molecular weight is 301 g/mol. The Labute approximate surface area is 111 Å². The van der Waals surface area contributed by atoms with Crippen LogP contribution in [0.25, 0.3) is 0 Å². The summed E-state index contributed by atoms with van der Waals surface area (Å²) in [5, 5.41) is 0. The van der Waals surface area contributed by atoms with Crippen LogP contribution in [0.3, 0.4) is 0 Å². The molecule has 0 aliphatic heterocycles. The zero-order chi connectivity index (χ0) is 11.9. The molecule has 0 amide bonds. The maximum Gasteiger partial charge on any atom is 2.00 e. The van der Waals surface area contributed by atoms with Crippen LogP contribution < -0.4 is 0 Å². The third kappa shape index (κ3) is 9.03. The van der Waals surface area contributed by atoms with Crippen molar-refractivity contribution in [1.29, 1.82) is 0 Å². The first-order chi connectivity index (χ1) is 7.58. The first-order valence-electron chi connectivity index (χ1n) is 4.86. The van der Waals surface area contributed by atoms with Crippen molar-refractivity contribution >= 4 is 10.5 Å². The van der Waals surface area contributed by atoms with Gasteiger partial charge in [-0.05, 0) is 18.4 Å². The predicted molar refractivity (Wildman–Crippen MR) is 62.4 cm³/mol. The van der Waals surface area contributed by atoms with E-state index in [0.717, 1.165) is 12.0 Å². The van der Waals surface area contributed by atoms with Gasteiger partial charge in [0.1, 0.15) is 0 Å². The maximum absolute atomic E-state index is 11.7. The third-order valence-electron chi connectivity index (χ3n) is 1.92. The molecule has 2 rings (SSSR count). The van der Waals surface area contributed by atoms with Crippen LogP contribution in [0.5, 0.6) is 0 Å². The van der Waals surface area contributed by atoms with E-state index in [2.05, 4.69) is 28.7 Å². The molecule has 0 aromatic rings. The molecule has 2 nitrogen and oxygen atoms in total. The average Bonchev–Trinajstić information content (AvgIpc) is 2.90. The van der Waals surface area contributed by atoms with Crippen LogP contribution >= 0.6 is 0 Å². The molecule has 2 aliphatic rings. The topological polar surface area (TPSA) is 29.4 Å². The van der Waals surface area contributed by atoms with Gasteiger partial charge in [-0.2, -0.15) is 8.57 Å². The van der Waals surface area contributed by atoms with Gasteiger partial charge in [0.2, 0.25) is 0 Å². The van der Waals surface area contributed by atoms with Crippen molar-refractivity contribution in [2.45, 2.75) is 12.8 Å². The van der Waals surface area contributed by atoms with Crippen molar-refractivity contribution in [1.82, 2.24) is 0 Å². The Kier molecular flexibility index (Phi) is 8.04. The summed E-state index contributed by atoms with van der Waals surface area (Å²) in [4.78, 5) is 0. The summed E-state index contributed by atoms with van der Waals surface area (Å²) in [6, 6.07) is 0. The van der Waals surface area contributed by atoms with Crippen LogP contribution in [0.1, 0.15) is 12.8 Å². The molecule has 0 spiro atoms. The van der Waals surface area contributed by atoms with Crippen molar-refractivity contribution in [3.05, 3.63) is 48.1 Å². The number of rotatable bonds is 2. The normalized spacial score (nSPS) is 16.0. The second kappa shape index (κ2) is 8.39. The molecule has 0 radical (unpaired) electrons. The Balaban J connectivity index is 0.000000360. The van der Waals surface area contributed by atoms with Crippen molar-refractivity contribution < 1.29 is 29.0 Å². The van der Waals surface area contributed by atoms with Gasteiger partial charge in [0.25, 0.3) is 0 Å². The number of nitrogens with zero attached hydrogens (tertiary/aromatic N) is 1. The fourth-order valence-corrected chi connectivity index (χ4v) is 1.48. The van der Waals surface area contributed by atoms with Gasteiger partial charge in [0.15, 0.2) is 0 Å². The molecule has 0 atom stereocenters. The van der Waals surface area contributed by atoms with Gasteiger partial charge in [0, 0.05) is 0 Å². The second-order valence-corrected chi connectivity index (χ2v) is 4.29. The largest absolute Gasteiger partial charge is 2.00 e. The van der Waals surface area contributed by atoms with E-state index in [-0.39, 0.29) is 23.6 Å². The van der Waals surface area contributed by atoms with Crippen molar-refractivity contribution in [3.63, 3.8) is 0 Å². The summed E-state index contributed by atoms with van der Waals surface area (Å²) in [6.07, 6.45) is 15.4. The predicted octanol–water partition coefficient (Wildman–Crippen LogP) is 3.61. The van der Waals surface area contributed by atoms with Gasteiger partial charge in [-0.15, -0.1) is 0 Å². The standard InChI is InChI=1S/C6H7F2NOS.C5H6.Fe/c7-11(8,10)9-5-6-3-1-2-4-6;1-2-4-5-3-1;/h1-3H,4-5H2;1-4H,5H2;/q;;+2. The van der Waals surface area contributed by atoms with Crippen molar-refractivity contribution in [2.75, 3.05) is 6.54 Å². The van der Waals surface area contributed by atoms with E-state index in [4.69, 9.17) is 0 Å². The number of hydrogen-bond donors (Lipinski definition) is 0. The summed E-state index contributed by atoms with van der Waals surface area (Å²) in [5.41, 5.74) is 0.771. The van der Waals surface area contributed by atoms with E-state index >= 15 is 0 Å². The first kappa shape index (κ1) is 16.3. The van der Waals surface area contributed by atoms with Gasteiger partial charge in [0.05, 0.1) is 6.54 Å². The van der Waals surface area contributed by atoms with E-state index in [0.29, 0.717) is 6.42 Å². The summed E-state index contributed by atoms with van der Waals surface area (Å²) < 4.78 is 35.9. The second-order valence-electron chi connectivity index (χ2n) is 3.23. The van der Waals surface area contributed by atoms with Crippen molar-refractivity contribution in [3.8, 4) is 0 Å². The fourth-order valence-electron chi connectivity index (χ4n) is 1.16. The van der Waals surface area contributed by atoms with E-state index in [1.807, 2.05) is 6.08 Å². The zero-order valence-electron chi connectivity index (χ0n) is 9.04. The van der Waals surface area contributed by atoms with Gasteiger partial charge >= 0.3 is 27.6 Å². The molecule has 0 saturated carbocycles. The molecule has 0 fully saturated rings. The molecular formula is C11H13F2FeNOS+2. The van der Waals surface area contributed by atoms with Gasteiger partial charge < -0.3 is 0 Å². The number of hydrogen-bond acceptors (Lipinski definition) is 2. The molecule has 0 saturated heterocycles. The van der Waals surface area contributed by atoms with Gasteiger partial charge in [-0.25, -0.2) is 0 Å². The molecule has 0 unspecified atom stereocenters. The summed E-state index contributed by atoms with van der Waals surface area (Å²) in [6.45, 7) is -0.126. The molecule has 6 heteroatoms. The van der Waals surface area contributed by atoms with E-state index in [1.165, 1.54) is 0 Å². The van der Waals surface area contributed by atoms with Crippen LogP contribution in [0.2, 0.25) is 0 Å². The Hall–Kier alpha value is -0.711. The molecule has 17 heavy (non-hydrogen) atoms. The SMILES string of the molecule is C1=CCC=C1.O=S(F)(F)=NCC1=CC=CC1.[Fe+2]. The van der Waals surface area contributed by atoms with E-state index in [1.54, 1.807) is 12.2 Å². The molecule has 0 heterocycles. The molecule has 0 aromatic carbocycles. The molecule has 94 valence electrons. The van der Waals surface area contributed by atoms with E-state index in [9.17, 15) is 12.0 Å². The van der Waals surface area contributed by atoms with Crippen LogP contribution in [0.15, 0.2) is 52.5 Å². The number of allylic oxidation sites excluding steroid dienone is 7. The Bertz CT molecular complexity index is 442. The van der Waals surface area contributed by atoms with Crippen molar-refractivity contribution in [2.24, 2.45) is 4.36 Å². The molecule has 2 aliphatic carbocycles. The quantitative estimate of drug-likeness (QED) is 0.566. The minimum atomic E-state index is -4.91. The summed E-state index contributed by atoms with van der Waals surface area (Å²) >= 11 is 0. The molecule has 0 N–H and O–H groups in total. The maximum atomic E-state index is 11.7. The Morgan fingerprint density at radius 1 is 1.18 bits per heavy atom. The van der Waals surface area contributed by atoms with E-state index < -0.39 is 10.5 Å². The fraction of sp³-hybridized carbons (Fsp3) is 0.273. The minimum Gasteiger partial charge on any atom is -0.180 e. The molecular weight excluding hydrogens is 288 g/mol. The Morgan fingerprint density at radius 2 is 1.82 bits per heavy atom. The number of halogens is 2. The van der Waals surface area contributed by atoms with Crippen LogP contribution in [-0.2, 0) is 27.6 Å².